The summed E-state index contributed by atoms with van der Waals surface area (Å²) < 4.78 is 21.8. The lowest BCUT2D eigenvalue weighted by Gasteiger charge is -2.37. The van der Waals surface area contributed by atoms with Crippen molar-refractivity contribution in [3.05, 3.63) is 0 Å². The third kappa shape index (κ3) is 1.39. The normalized spacial score (nSPS) is 46.9. The fourth-order valence-corrected chi connectivity index (χ4v) is 2.41. The molecular formula is C9H15BO4. The van der Waals surface area contributed by atoms with E-state index in [4.69, 9.17) is 26.8 Å². The molecule has 0 spiro atoms. The van der Waals surface area contributed by atoms with Crippen LogP contribution in [-0.4, -0.2) is 59.1 Å². The molecule has 0 aromatic heterocycles. The van der Waals surface area contributed by atoms with E-state index in [-0.39, 0.29) is 12.2 Å². The van der Waals surface area contributed by atoms with E-state index in [2.05, 4.69) is 0 Å². The molecule has 0 N–H and O–H groups in total. The molecule has 2 saturated heterocycles. The highest BCUT2D eigenvalue weighted by Gasteiger charge is 2.56. The van der Waals surface area contributed by atoms with Crippen molar-refractivity contribution in [3.8, 4) is 0 Å². The Labute approximate surface area is 85.3 Å². The van der Waals surface area contributed by atoms with Gasteiger partial charge in [0, 0.05) is 26.6 Å². The van der Waals surface area contributed by atoms with Crippen LogP contribution in [0.3, 0.4) is 0 Å². The molecule has 5 heteroatoms. The number of hydrogen-bond acceptors (Lipinski definition) is 4. The van der Waals surface area contributed by atoms with Gasteiger partial charge >= 0.3 is 0 Å². The molecule has 1 unspecified atom stereocenters. The quantitative estimate of drug-likeness (QED) is 0.583. The first-order valence-corrected chi connectivity index (χ1v) is 4.80. The van der Waals surface area contributed by atoms with E-state index in [1.807, 2.05) is 0 Å². The van der Waals surface area contributed by atoms with Crippen LogP contribution < -0.4 is 0 Å². The number of ether oxygens (including phenoxy) is 4. The minimum Gasteiger partial charge on any atom is -0.382 e. The molecular weight excluding hydrogens is 183 g/mol. The van der Waals surface area contributed by atoms with Crippen molar-refractivity contribution >= 4 is 7.85 Å². The molecule has 4 atom stereocenters. The molecule has 2 aliphatic heterocycles. The highest BCUT2D eigenvalue weighted by molar-refractivity contribution is 6.11. The zero-order chi connectivity index (χ0) is 10.2. The third-order valence-electron chi connectivity index (χ3n) is 2.99. The fraction of sp³-hybridized carbons (Fsp3) is 1.00. The van der Waals surface area contributed by atoms with Gasteiger partial charge in [-0.1, -0.05) is 0 Å². The Hall–Kier alpha value is -0.0951. The second-order valence-electron chi connectivity index (χ2n) is 3.82. The van der Waals surface area contributed by atoms with Gasteiger partial charge in [-0.25, -0.2) is 0 Å². The molecule has 0 aromatic carbocycles. The van der Waals surface area contributed by atoms with Crippen LogP contribution in [0.2, 0.25) is 0 Å². The smallest absolute Gasteiger partial charge is 0.122 e. The van der Waals surface area contributed by atoms with Crippen LogP contribution >= 0.6 is 0 Å². The lowest BCUT2D eigenvalue weighted by molar-refractivity contribution is -0.155. The predicted octanol–water partition coefficient (Wildman–Crippen LogP) is -0.300. The molecule has 0 saturated carbocycles. The van der Waals surface area contributed by atoms with Crippen LogP contribution in [0.15, 0.2) is 0 Å². The molecule has 78 valence electrons. The monoisotopic (exact) mass is 198 g/mol. The van der Waals surface area contributed by atoms with Gasteiger partial charge in [0.2, 0.25) is 0 Å². The van der Waals surface area contributed by atoms with E-state index in [0.717, 1.165) is 6.42 Å². The summed E-state index contributed by atoms with van der Waals surface area (Å²) in [6.07, 6.45) is 0.485. The van der Waals surface area contributed by atoms with Crippen LogP contribution in [-0.2, 0) is 18.9 Å². The van der Waals surface area contributed by atoms with E-state index < -0.39 is 11.6 Å². The largest absolute Gasteiger partial charge is 0.382 e. The zero-order valence-electron chi connectivity index (χ0n) is 8.56. The molecule has 0 aliphatic carbocycles. The second-order valence-corrected chi connectivity index (χ2v) is 3.82. The molecule has 0 amide bonds. The second kappa shape index (κ2) is 3.81. The van der Waals surface area contributed by atoms with Crippen molar-refractivity contribution in [2.24, 2.45) is 0 Å². The minimum absolute atomic E-state index is 0.119. The van der Waals surface area contributed by atoms with Crippen molar-refractivity contribution < 1.29 is 18.9 Å². The Balaban J connectivity index is 2.20. The summed E-state index contributed by atoms with van der Waals surface area (Å²) in [6, 6.07) is -0.405. The van der Waals surface area contributed by atoms with E-state index in [1.165, 1.54) is 0 Å². The van der Waals surface area contributed by atoms with Crippen LogP contribution in [0.5, 0.6) is 0 Å². The Morgan fingerprint density at radius 2 is 2.29 bits per heavy atom. The molecule has 2 bridgehead atoms. The van der Waals surface area contributed by atoms with E-state index >= 15 is 0 Å². The minimum atomic E-state index is -0.411. The molecule has 2 heterocycles. The molecule has 2 rings (SSSR count). The van der Waals surface area contributed by atoms with Gasteiger partial charge in [-0.2, -0.15) is 0 Å². The van der Waals surface area contributed by atoms with Gasteiger partial charge in [0.1, 0.15) is 25.7 Å². The van der Waals surface area contributed by atoms with Crippen molar-refractivity contribution in [1.29, 1.82) is 0 Å². The first-order chi connectivity index (χ1) is 6.73. The van der Waals surface area contributed by atoms with Gasteiger partial charge in [-0.05, 0) is 0 Å². The summed E-state index contributed by atoms with van der Waals surface area (Å²) in [5.74, 6) is 0. The maximum atomic E-state index is 5.82. The Bertz CT molecular complexity index is 209. The highest BCUT2D eigenvalue weighted by Crippen LogP contribution is 2.40. The zero-order valence-corrected chi connectivity index (χ0v) is 8.56. The predicted molar refractivity (Wildman–Crippen MR) is 50.4 cm³/mol. The number of rotatable bonds is 3. The van der Waals surface area contributed by atoms with E-state index in [9.17, 15) is 0 Å². The summed E-state index contributed by atoms with van der Waals surface area (Å²) in [5.41, 5.74) is -0.411. The van der Waals surface area contributed by atoms with Crippen molar-refractivity contribution in [2.45, 2.75) is 30.2 Å². The topological polar surface area (TPSA) is 36.9 Å². The molecule has 14 heavy (non-hydrogen) atoms. The maximum Gasteiger partial charge on any atom is 0.122 e. The lowest BCUT2D eigenvalue weighted by Crippen LogP contribution is -2.52. The lowest BCUT2D eigenvalue weighted by atomic mass is 9.86. The number of methoxy groups -OCH3 is 2. The standard InChI is InChI=1S/C9H15BO4/c1-11-5-9-3-4-13-6(7(9)12-2)8(10)14-9/h6-8H,3-5H2,1-2H3/t6-,7?,8-,9-/m1/s1. The van der Waals surface area contributed by atoms with Gasteiger partial charge in [-0.15, -0.1) is 0 Å². The van der Waals surface area contributed by atoms with Crippen LogP contribution in [0.4, 0.5) is 0 Å². The number of fused-ring (bicyclic) bond motifs is 2. The summed E-state index contributed by atoms with van der Waals surface area (Å²) in [4.78, 5) is 0. The van der Waals surface area contributed by atoms with Crippen molar-refractivity contribution in [2.75, 3.05) is 27.4 Å². The molecule has 4 nitrogen and oxygen atoms in total. The average molecular weight is 198 g/mol. The molecule has 2 radical (unpaired) electrons. The SMILES string of the molecule is [B][C@@H]1O[C@@]2(COC)CCO[C@@H]1C2OC. The fourth-order valence-electron chi connectivity index (χ4n) is 2.41. The van der Waals surface area contributed by atoms with Crippen LogP contribution in [0.1, 0.15) is 6.42 Å². The van der Waals surface area contributed by atoms with Gasteiger partial charge < -0.3 is 18.9 Å². The third-order valence-corrected chi connectivity index (χ3v) is 2.99. The van der Waals surface area contributed by atoms with Gasteiger partial charge in [0.05, 0.1) is 13.2 Å². The summed E-state index contributed by atoms with van der Waals surface area (Å²) >= 11 is 0. The Morgan fingerprint density at radius 1 is 1.50 bits per heavy atom. The van der Waals surface area contributed by atoms with Crippen LogP contribution in [0, 0.1) is 0 Å². The highest BCUT2D eigenvalue weighted by atomic mass is 16.6. The summed E-state index contributed by atoms with van der Waals surface area (Å²) in [5, 5.41) is 0. The molecule has 0 aromatic rings. The molecule has 2 aliphatic rings. The van der Waals surface area contributed by atoms with Crippen molar-refractivity contribution in [3.63, 3.8) is 0 Å². The van der Waals surface area contributed by atoms with E-state index in [1.54, 1.807) is 14.2 Å². The van der Waals surface area contributed by atoms with Gasteiger partial charge in [0.25, 0.3) is 0 Å². The van der Waals surface area contributed by atoms with Crippen LogP contribution in [0.25, 0.3) is 0 Å². The Kier molecular flexibility index (Phi) is 2.84. The average Bonchev–Trinajstić information content (AvgIpc) is 2.30. The molecule has 2 fully saturated rings. The first-order valence-electron chi connectivity index (χ1n) is 4.80. The van der Waals surface area contributed by atoms with Gasteiger partial charge in [-0.3, -0.25) is 0 Å². The van der Waals surface area contributed by atoms with Crippen molar-refractivity contribution in [1.82, 2.24) is 0 Å². The van der Waals surface area contributed by atoms with Gasteiger partial charge in [0.15, 0.2) is 0 Å². The Morgan fingerprint density at radius 3 is 2.93 bits per heavy atom. The summed E-state index contributed by atoms with van der Waals surface area (Å²) in [6.45, 7) is 1.15. The van der Waals surface area contributed by atoms with E-state index in [0.29, 0.717) is 13.2 Å². The number of hydrogen-bond donors (Lipinski definition) is 0. The first kappa shape index (κ1) is 10.4. The maximum absolute atomic E-state index is 5.82. The summed E-state index contributed by atoms with van der Waals surface area (Å²) in [7, 11) is 9.12.